The summed E-state index contributed by atoms with van der Waals surface area (Å²) in [5.41, 5.74) is 0.717. The van der Waals surface area contributed by atoms with E-state index in [1.54, 1.807) is 36.3 Å². The van der Waals surface area contributed by atoms with E-state index in [0.717, 1.165) is 47.9 Å². The summed E-state index contributed by atoms with van der Waals surface area (Å²) in [5.74, 6) is 0.564. The van der Waals surface area contributed by atoms with Gasteiger partial charge in [0.15, 0.2) is 11.5 Å². The average Bonchev–Trinajstić information content (AvgIpc) is 2.91. The highest BCUT2D eigenvalue weighted by molar-refractivity contribution is 8.18. The Bertz CT molecular complexity index is 815. The predicted octanol–water partition coefficient (Wildman–Crippen LogP) is 3.53. The molecule has 0 saturated carbocycles. The van der Waals surface area contributed by atoms with Crippen molar-refractivity contribution in [3.8, 4) is 11.5 Å². The van der Waals surface area contributed by atoms with Crippen LogP contribution in [-0.2, 0) is 9.59 Å². The Morgan fingerprint density at radius 2 is 1.86 bits per heavy atom. The number of carbonyl (C=O) groups is 3. The number of imide groups is 1. The van der Waals surface area contributed by atoms with E-state index in [1.807, 2.05) is 6.92 Å². The number of hydrogen-bond acceptors (Lipinski definition) is 6. The molecule has 0 N–H and O–H groups in total. The molecule has 1 aromatic carbocycles. The van der Waals surface area contributed by atoms with Crippen molar-refractivity contribution in [1.82, 2.24) is 9.80 Å². The van der Waals surface area contributed by atoms with Gasteiger partial charge in [-0.2, -0.15) is 0 Å². The number of nitrogens with zero attached hydrogens (tertiary/aromatic N) is 2. The quantitative estimate of drug-likeness (QED) is 0.658. The van der Waals surface area contributed by atoms with Crippen LogP contribution in [0.5, 0.6) is 11.5 Å². The summed E-state index contributed by atoms with van der Waals surface area (Å²) in [6.45, 7) is 3.58. The molecular formula is C21H26N2O5S. The molecule has 2 heterocycles. The zero-order chi connectivity index (χ0) is 20.8. The number of ether oxygens (including phenoxy) is 2. The maximum Gasteiger partial charge on any atom is 0.294 e. The molecule has 156 valence electrons. The summed E-state index contributed by atoms with van der Waals surface area (Å²) in [6, 6.07) is 5.31. The van der Waals surface area contributed by atoms with Gasteiger partial charge in [0.2, 0.25) is 5.91 Å². The number of likely N-dealkylation sites (tertiary alicyclic amines) is 1. The Balaban J connectivity index is 1.72. The SMILES string of the molecule is CCOc1ccc(/C=C2\SC(=O)N(CC(=O)N3CCCCCC3)C2=O)cc1OC. The predicted molar refractivity (Wildman–Crippen MR) is 112 cm³/mol. The summed E-state index contributed by atoms with van der Waals surface area (Å²) in [7, 11) is 1.55. The van der Waals surface area contributed by atoms with E-state index < -0.39 is 11.1 Å². The third kappa shape index (κ3) is 5.12. The number of methoxy groups -OCH3 is 1. The number of thioether (sulfide) groups is 1. The monoisotopic (exact) mass is 418 g/mol. The van der Waals surface area contributed by atoms with Crippen LogP contribution < -0.4 is 9.47 Å². The minimum Gasteiger partial charge on any atom is -0.493 e. The van der Waals surface area contributed by atoms with Crippen LogP contribution in [0.3, 0.4) is 0 Å². The first-order chi connectivity index (χ1) is 14.0. The van der Waals surface area contributed by atoms with Crippen molar-refractivity contribution < 1.29 is 23.9 Å². The van der Waals surface area contributed by atoms with Gasteiger partial charge in [-0.15, -0.1) is 0 Å². The van der Waals surface area contributed by atoms with Gasteiger partial charge < -0.3 is 14.4 Å². The molecule has 0 bridgehead atoms. The fourth-order valence-electron chi connectivity index (χ4n) is 3.39. The summed E-state index contributed by atoms with van der Waals surface area (Å²) in [6.07, 6.45) is 5.79. The smallest absolute Gasteiger partial charge is 0.294 e. The Kier molecular flexibility index (Phi) is 7.19. The molecule has 3 rings (SSSR count). The average molecular weight is 419 g/mol. The van der Waals surface area contributed by atoms with Gasteiger partial charge in [0.05, 0.1) is 18.6 Å². The normalized spacial score (nSPS) is 18.9. The molecule has 0 spiro atoms. The zero-order valence-corrected chi connectivity index (χ0v) is 17.6. The van der Waals surface area contributed by atoms with Crippen LogP contribution >= 0.6 is 11.8 Å². The molecule has 3 amide bonds. The lowest BCUT2D eigenvalue weighted by Gasteiger charge is -2.22. The van der Waals surface area contributed by atoms with Crippen molar-refractivity contribution in [3.63, 3.8) is 0 Å². The molecule has 2 saturated heterocycles. The van der Waals surface area contributed by atoms with E-state index in [2.05, 4.69) is 0 Å². The lowest BCUT2D eigenvalue weighted by Crippen LogP contribution is -2.42. The lowest BCUT2D eigenvalue weighted by atomic mass is 10.2. The van der Waals surface area contributed by atoms with Gasteiger partial charge >= 0.3 is 0 Å². The maximum absolute atomic E-state index is 12.7. The molecule has 0 aromatic heterocycles. The Hall–Kier alpha value is -2.48. The van der Waals surface area contributed by atoms with E-state index in [0.29, 0.717) is 36.1 Å². The van der Waals surface area contributed by atoms with Crippen molar-refractivity contribution in [2.24, 2.45) is 0 Å². The molecule has 8 heteroatoms. The summed E-state index contributed by atoms with van der Waals surface area (Å²) in [4.78, 5) is 40.7. The minimum atomic E-state index is -0.434. The molecule has 1 aromatic rings. The standard InChI is InChI=1S/C21H26N2O5S/c1-3-28-16-9-8-15(12-17(16)27-2)13-18-20(25)23(21(26)29-18)14-19(24)22-10-6-4-5-7-11-22/h8-9,12-13H,3-7,10-11,14H2,1-2H3/b18-13-. The van der Waals surface area contributed by atoms with Crippen molar-refractivity contribution in [2.75, 3.05) is 33.4 Å². The number of benzene rings is 1. The molecule has 2 aliphatic rings. The van der Waals surface area contributed by atoms with E-state index in [9.17, 15) is 14.4 Å². The van der Waals surface area contributed by atoms with Crippen molar-refractivity contribution in [3.05, 3.63) is 28.7 Å². The Morgan fingerprint density at radius 3 is 2.52 bits per heavy atom. The third-order valence-corrected chi connectivity index (χ3v) is 5.82. The molecule has 7 nitrogen and oxygen atoms in total. The summed E-state index contributed by atoms with van der Waals surface area (Å²) < 4.78 is 10.8. The second kappa shape index (κ2) is 9.82. The first-order valence-corrected chi connectivity index (χ1v) is 10.7. The fourth-order valence-corrected chi connectivity index (χ4v) is 4.23. The highest BCUT2D eigenvalue weighted by Gasteiger charge is 2.37. The second-order valence-corrected chi connectivity index (χ2v) is 7.90. The summed E-state index contributed by atoms with van der Waals surface area (Å²) in [5, 5.41) is -0.415. The molecule has 0 unspecified atom stereocenters. The van der Waals surface area contributed by atoms with Crippen LogP contribution in [0.1, 0.15) is 38.2 Å². The molecule has 2 fully saturated rings. The van der Waals surface area contributed by atoms with Gasteiger partial charge in [-0.05, 0) is 55.3 Å². The van der Waals surface area contributed by atoms with E-state index in [4.69, 9.17) is 9.47 Å². The molecule has 0 aliphatic carbocycles. The highest BCUT2D eigenvalue weighted by Crippen LogP contribution is 2.34. The zero-order valence-electron chi connectivity index (χ0n) is 16.8. The van der Waals surface area contributed by atoms with Crippen LogP contribution in [0.2, 0.25) is 0 Å². The molecule has 0 radical (unpaired) electrons. The van der Waals surface area contributed by atoms with Gasteiger partial charge in [-0.1, -0.05) is 18.9 Å². The Labute approximate surface area is 175 Å². The minimum absolute atomic E-state index is 0.168. The van der Waals surface area contributed by atoms with Crippen LogP contribution in [0, 0.1) is 0 Å². The molecular weight excluding hydrogens is 392 g/mol. The van der Waals surface area contributed by atoms with E-state index in [-0.39, 0.29) is 12.5 Å². The first kappa shape index (κ1) is 21.2. The topological polar surface area (TPSA) is 76.2 Å². The Morgan fingerprint density at radius 1 is 1.14 bits per heavy atom. The van der Waals surface area contributed by atoms with Crippen LogP contribution in [-0.4, -0.2) is 60.2 Å². The van der Waals surface area contributed by atoms with Crippen molar-refractivity contribution in [1.29, 1.82) is 0 Å². The van der Waals surface area contributed by atoms with Gasteiger partial charge in [-0.25, -0.2) is 0 Å². The number of hydrogen-bond donors (Lipinski definition) is 0. The van der Waals surface area contributed by atoms with Crippen LogP contribution in [0.4, 0.5) is 4.79 Å². The largest absolute Gasteiger partial charge is 0.493 e. The van der Waals surface area contributed by atoms with Gasteiger partial charge in [0.25, 0.3) is 11.1 Å². The van der Waals surface area contributed by atoms with Gasteiger partial charge in [-0.3, -0.25) is 19.3 Å². The van der Waals surface area contributed by atoms with E-state index in [1.165, 1.54) is 0 Å². The highest BCUT2D eigenvalue weighted by atomic mass is 32.2. The second-order valence-electron chi connectivity index (χ2n) is 6.91. The van der Waals surface area contributed by atoms with Crippen molar-refractivity contribution >= 4 is 34.9 Å². The first-order valence-electron chi connectivity index (χ1n) is 9.87. The van der Waals surface area contributed by atoms with E-state index >= 15 is 0 Å². The summed E-state index contributed by atoms with van der Waals surface area (Å²) >= 11 is 0.853. The van der Waals surface area contributed by atoms with Gasteiger partial charge in [0.1, 0.15) is 6.54 Å². The lowest BCUT2D eigenvalue weighted by molar-refractivity contribution is -0.135. The maximum atomic E-state index is 12.7. The number of carbonyl (C=O) groups excluding carboxylic acids is 3. The van der Waals surface area contributed by atoms with Crippen molar-refractivity contribution in [2.45, 2.75) is 32.6 Å². The number of rotatable bonds is 6. The fraction of sp³-hybridized carbons (Fsp3) is 0.476. The van der Waals surface area contributed by atoms with Gasteiger partial charge in [0, 0.05) is 13.1 Å². The molecule has 2 aliphatic heterocycles. The van der Waals surface area contributed by atoms with Crippen LogP contribution in [0.25, 0.3) is 6.08 Å². The molecule has 0 atom stereocenters. The third-order valence-electron chi connectivity index (χ3n) is 4.91. The molecule has 29 heavy (non-hydrogen) atoms. The van der Waals surface area contributed by atoms with Crippen LogP contribution in [0.15, 0.2) is 23.1 Å². The number of amides is 3.